The molecule has 0 bridgehead atoms. The molecule has 0 atom stereocenters. The normalized spacial score (nSPS) is 11.1. The van der Waals surface area contributed by atoms with Gasteiger partial charge in [0.25, 0.3) is 5.56 Å². The van der Waals surface area contributed by atoms with Crippen molar-refractivity contribution in [1.29, 1.82) is 0 Å². The summed E-state index contributed by atoms with van der Waals surface area (Å²) in [6.45, 7) is 2.05. The van der Waals surface area contributed by atoms with E-state index in [9.17, 15) is 4.79 Å². The molecule has 2 heterocycles. The van der Waals surface area contributed by atoms with Gasteiger partial charge in [0.15, 0.2) is 0 Å². The second-order valence-corrected chi connectivity index (χ2v) is 7.67. The highest BCUT2D eigenvalue weighted by atomic mass is 35.5. The molecule has 0 aliphatic rings. The van der Waals surface area contributed by atoms with E-state index in [0.717, 1.165) is 5.69 Å². The van der Waals surface area contributed by atoms with Crippen LogP contribution in [0.2, 0.25) is 5.02 Å². The van der Waals surface area contributed by atoms with E-state index in [1.54, 1.807) is 33.6 Å². The predicted molar refractivity (Wildman–Crippen MR) is 123 cm³/mol. The second-order valence-electron chi connectivity index (χ2n) is 7.23. The summed E-state index contributed by atoms with van der Waals surface area (Å²) in [5, 5.41) is 9.53. The molecule has 0 amide bonds. The van der Waals surface area contributed by atoms with E-state index in [0.29, 0.717) is 38.9 Å². The van der Waals surface area contributed by atoms with E-state index in [4.69, 9.17) is 16.3 Å². The molecule has 32 heavy (non-hydrogen) atoms. The van der Waals surface area contributed by atoms with Crippen LogP contribution in [0.5, 0.6) is 5.75 Å². The van der Waals surface area contributed by atoms with E-state index in [1.165, 1.54) is 0 Å². The van der Waals surface area contributed by atoms with Crippen LogP contribution in [0.15, 0.2) is 83.8 Å². The van der Waals surface area contributed by atoms with Crippen molar-refractivity contribution in [2.24, 2.45) is 0 Å². The lowest BCUT2D eigenvalue weighted by molar-refractivity contribution is 0.301. The second kappa shape index (κ2) is 8.28. The summed E-state index contributed by atoms with van der Waals surface area (Å²) >= 11 is 5.94. The number of hydrogen-bond donors (Lipinski definition) is 0. The maximum atomic E-state index is 13.1. The van der Waals surface area contributed by atoms with Crippen molar-refractivity contribution in [3.05, 3.63) is 106 Å². The molecule has 5 rings (SSSR count). The lowest BCUT2D eigenvalue weighted by Crippen LogP contribution is -2.22. The van der Waals surface area contributed by atoms with Gasteiger partial charge in [-0.1, -0.05) is 35.0 Å². The summed E-state index contributed by atoms with van der Waals surface area (Å²) in [6, 6.07) is 22.0. The number of nitrogens with zero attached hydrogens (tertiary/aromatic N) is 5. The number of benzene rings is 3. The Bertz CT molecular complexity index is 1470. The molecule has 0 N–H and O–H groups in total. The van der Waals surface area contributed by atoms with Crippen LogP contribution >= 0.6 is 11.6 Å². The van der Waals surface area contributed by atoms with Crippen molar-refractivity contribution < 1.29 is 4.74 Å². The number of rotatable bonds is 5. The van der Waals surface area contributed by atoms with E-state index in [-0.39, 0.29) is 12.2 Å². The van der Waals surface area contributed by atoms with Gasteiger partial charge < -0.3 is 4.74 Å². The molecular weight excluding hydrogens is 426 g/mol. The molecule has 8 heteroatoms. The van der Waals surface area contributed by atoms with Crippen LogP contribution in [-0.4, -0.2) is 24.5 Å². The fourth-order valence-corrected chi connectivity index (χ4v) is 3.63. The molecule has 2 aromatic heterocycles. The smallest absolute Gasteiger partial charge is 0.265 e. The number of para-hydroxylation sites is 1. The van der Waals surface area contributed by atoms with Gasteiger partial charge in [0.05, 0.1) is 28.5 Å². The topological polar surface area (TPSA) is 74.8 Å². The van der Waals surface area contributed by atoms with Crippen LogP contribution in [0.25, 0.3) is 22.3 Å². The first-order valence-electron chi connectivity index (χ1n) is 9.97. The van der Waals surface area contributed by atoms with Gasteiger partial charge in [0.1, 0.15) is 23.9 Å². The number of halogens is 1. The molecule has 0 aliphatic heterocycles. The summed E-state index contributed by atoms with van der Waals surface area (Å²) in [5.74, 6) is 1.22. The Morgan fingerprint density at radius 2 is 1.78 bits per heavy atom. The fraction of sp³-hybridized carbons (Fsp3) is 0.0833. The number of fused-ring (bicyclic) bond motifs is 1. The van der Waals surface area contributed by atoms with Crippen LogP contribution in [0, 0.1) is 6.92 Å². The van der Waals surface area contributed by atoms with Crippen LogP contribution < -0.4 is 10.3 Å². The van der Waals surface area contributed by atoms with Gasteiger partial charge in [-0.05, 0) is 55.5 Å². The zero-order chi connectivity index (χ0) is 22.1. The average Bonchev–Trinajstić information content (AvgIpc) is 3.28. The van der Waals surface area contributed by atoms with Crippen molar-refractivity contribution in [3.63, 3.8) is 0 Å². The van der Waals surface area contributed by atoms with Crippen LogP contribution in [0.3, 0.4) is 0 Å². The summed E-state index contributed by atoms with van der Waals surface area (Å²) in [7, 11) is 0. The Morgan fingerprint density at radius 3 is 2.62 bits per heavy atom. The molecule has 0 radical (unpaired) electrons. The molecule has 7 nitrogen and oxygen atoms in total. The van der Waals surface area contributed by atoms with E-state index in [1.807, 2.05) is 61.5 Å². The molecule has 158 valence electrons. The Morgan fingerprint density at radius 1 is 0.969 bits per heavy atom. The summed E-state index contributed by atoms with van der Waals surface area (Å²) < 4.78 is 9.17. The van der Waals surface area contributed by atoms with Gasteiger partial charge in [0.2, 0.25) is 0 Å². The Hall–Kier alpha value is -3.97. The predicted octanol–water partition coefficient (Wildman–Crippen LogP) is 4.51. The average molecular weight is 444 g/mol. The summed E-state index contributed by atoms with van der Waals surface area (Å²) in [5.41, 5.74) is 2.78. The van der Waals surface area contributed by atoms with Gasteiger partial charge in [-0.3, -0.25) is 9.36 Å². The van der Waals surface area contributed by atoms with Gasteiger partial charge in [-0.15, -0.1) is 5.10 Å². The van der Waals surface area contributed by atoms with Crippen LogP contribution in [0.1, 0.15) is 11.5 Å². The third-order valence-electron chi connectivity index (χ3n) is 5.04. The lowest BCUT2D eigenvalue weighted by atomic mass is 10.2. The highest BCUT2D eigenvalue weighted by Crippen LogP contribution is 2.19. The monoisotopic (exact) mass is 443 g/mol. The minimum atomic E-state index is -0.115. The SMILES string of the molecule is Cc1nc2ccccc2c(=O)n1-c1cccc(OCc2cn(-c3ccc(Cl)cc3)nn2)c1. The van der Waals surface area contributed by atoms with E-state index < -0.39 is 0 Å². The maximum absolute atomic E-state index is 13.1. The molecule has 0 saturated heterocycles. The highest BCUT2D eigenvalue weighted by molar-refractivity contribution is 6.30. The molecule has 0 saturated carbocycles. The molecule has 0 aliphatic carbocycles. The van der Waals surface area contributed by atoms with Gasteiger partial charge >= 0.3 is 0 Å². The van der Waals surface area contributed by atoms with Crippen molar-refractivity contribution in [1.82, 2.24) is 24.5 Å². The standard InChI is InChI=1S/C24H18ClN5O2/c1-16-26-23-8-3-2-7-22(23)24(31)30(16)20-5-4-6-21(13-20)32-15-18-14-29(28-27-18)19-11-9-17(25)10-12-19/h2-14H,15H2,1H3. The Labute approximate surface area is 188 Å². The zero-order valence-corrected chi connectivity index (χ0v) is 17.9. The van der Waals surface area contributed by atoms with Gasteiger partial charge in [-0.25, -0.2) is 9.67 Å². The first-order valence-corrected chi connectivity index (χ1v) is 10.3. The van der Waals surface area contributed by atoms with E-state index >= 15 is 0 Å². The Balaban J connectivity index is 1.38. The number of aryl methyl sites for hydroxylation is 1. The quantitative estimate of drug-likeness (QED) is 0.399. The molecule has 0 unspecified atom stereocenters. The minimum Gasteiger partial charge on any atom is -0.487 e. The molecule has 3 aromatic carbocycles. The van der Waals surface area contributed by atoms with Crippen molar-refractivity contribution in [2.45, 2.75) is 13.5 Å². The van der Waals surface area contributed by atoms with Crippen molar-refractivity contribution in [2.75, 3.05) is 0 Å². The number of aromatic nitrogens is 5. The summed E-state index contributed by atoms with van der Waals surface area (Å²) in [4.78, 5) is 17.6. The zero-order valence-electron chi connectivity index (χ0n) is 17.1. The summed E-state index contributed by atoms with van der Waals surface area (Å²) in [6.07, 6.45) is 1.80. The molecule has 0 spiro atoms. The molecular formula is C24H18ClN5O2. The van der Waals surface area contributed by atoms with Crippen LogP contribution in [0.4, 0.5) is 0 Å². The van der Waals surface area contributed by atoms with Crippen LogP contribution in [-0.2, 0) is 6.61 Å². The van der Waals surface area contributed by atoms with Crippen molar-refractivity contribution in [3.8, 4) is 17.1 Å². The first-order chi connectivity index (χ1) is 15.6. The maximum Gasteiger partial charge on any atom is 0.265 e. The van der Waals surface area contributed by atoms with Gasteiger partial charge in [0, 0.05) is 11.1 Å². The highest BCUT2D eigenvalue weighted by Gasteiger charge is 2.11. The molecule has 0 fully saturated rings. The van der Waals surface area contributed by atoms with E-state index in [2.05, 4.69) is 15.3 Å². The Kier molecular flexibility index (Phi) is 5.17. The molecule has 5 aromatic rings. The first kappa shape index (κ1) is 20.0. The third-order valence-corrected chi connectivity index (χ3v) is 5.29. The van der Waals surface area contributed by atoms with Crippen molar-refractivity contribution >= 4 is 22.5 Å². The largest absolute Gasteiger partial charge is 0.487 e. The number of hydrogen-bond acceptors (Lipinski definition) is 5. The third kappa shape index (κ3) is 3.86. The number of ether oxygens (including phenoxy) is 1. The fourth-order valence-electron chi connectivity index (χ4n) is 3.50. The van der Waals surface area contributed by atoms with Gasteiger partial charge in [-0.2, -0.15) is 0 Å². The lowest BCUT2D eigenvalue weighted by Gasteiger charge is -2.12. The minimum absolute atomic E-state index is 0.115.